The van der Waals surface area contributed by atoms with Gasteiger partial charge in [-0.1, -0.05) is 37.3 Å². The van der Waals surface area contributed by atoms with Gasteiger partial charge in [-0.05, 0) is 25.6 Å². The second-order valence-electron chi connectivity index (χ2n) is 4.56. The zero-order chi connectivity index (χ0) is 14.5. The average molecular weight is 290 g/mol. The lowest BCUT2D eigenvalue weighted by Crippen LogP contribution is -2.31. The third-order valence-corrected chi connectivity index (χ3v) is 3.34. The van der Waals surface area contributed by atoms with E-state index < -0.39 is 6.04 Å². The molecule has 0 saturated heterocycles. The minimum Gasteiger partial charge on any atom is -0.354 e. The first-order valence-corrected chi connectivity index (χ1v) is 7.06. The van der Waals surface area contributed by atoms with E-state index in [-0.39, 0.29) is 5.91 Å². The number of hydrogen-bond donors (Lipinski definition) is 2. The molecule has 106 valence electrons. The Kier molecular flexibility index (Phi) is 4.68. The Labute approximate surface area is 123 Å². The molecule has 1 heterocycles. The Morgan fingerprint density at radius 2 is 2.15 bits per heavy atom. The Morgan fingerprint density at radius 3 is 2.80 bits per heavy atom. The first kappa shape index (κ1) is 14.5. The largest absolute Gasteiger partial charge is 0.354 e. The van der Waals surface area contributed by atoms with E-state index in [0.29, 0.717) is 17.1 Å². The SMILES string of the molecule is CCCNC(=O)C(C)n1c(-c2ccccc2)n[nH]c1=S. The number of hydrogen-bond acceptors (Lipinski definition) is 3. The van der Waals surface area contributed by atoms with Crippen LogP contribution < -0.4 is 5.32 Å². The lowest BCUT2D eigenvalue weighted by atomic mass is 10.2. The summed E-state index contributed by atoms with van der Waals surface area (Å²) in [6.07, 6.45) is 0.904. The predicted octanol–water partition coefficient (Wildman–Crippen LogP) is 2.69. The summed E-state index contributed by atoms with van der Waals surface area (Å²) in [5.74, 6) is 0.622. The quantitative estimate of drug-likeness (QED) is 0.832. The first-order chi connectivity index (χ1) is 9.65. The van der Waals surface area contributed by atoms with Gasteiger partial charge < -0.3 is 5.32 Å². The highest BCUT2D eigenvalue weighted by Crippen LogP contribution is 2.20. The minimum atomic E-state index is -0.400. The minimum absolute atomic E-state index is 0.0541. The molecule has 2 aromatic rings. The smallest absolute Gasteiger partial charge is 0.242 e. The topological polar surface area (TPSA) is 62.7 Å². The lowest BCUT2D eigenvalue weighted by Gasteiger charge is -2.15. The first-order valence-electron chi connectivity index (χ1n) is 6.65. The van der Waals surface area contributed by atoms with Crippen LogP contribution >= 0.6 is 12.2 Å². The number of H-pyrrole nitrogens is 1. The number of aromatic amines is 1. The number of carbonyl (C=O) groups is 1. The summed E-state index contributed by atoms with van der Waals surface area (Å²) in [4.78, 5) is 12.1. The zero-order valence-corrected chi connectivity index (χ0v) is 12.4. The molecule has 0 fully saturated rings. The maximum Gasteiger partial charge on any atom is 0.242 e. The monoisotopic (exact) mass is 290 g/mol. The Morgan fingerprint density at radius 1 is 1.45 bits per heavy atom. The van der Waals surface area contributed by atoms with Crippen LogP contribution in [-0.4, -0.2) is 27.2 Å². The summed E-state index contributed by atoms with van der Waals surface area (Å²) in [5, 5.41) is 9.88. The summed E-state index contributed by atoms with van der Waals surface area (Å²) in [6.45, 7) is 4.50. The molecule has 0 spiro atoms. The zero-order valence-electron chi connectivity index (χ0n) is 11.6. The van der Waals surface area contributed by atoms with Crippen molar-refractivity contribution in [2.24, 2.45) is 0 Å². The van der Waals surface area contributed by atoms with E-state index in [1.165, 1.54) is 0 Å². The van der Waals surface area contributed by atoms with E-state index in [2.05, 4.69) is 15.5 Å². The molecule has 1 amide bonds. The summed E-state index contributed by atoms with van der Waals surface area (Å²) in [6, 6.07) is 9.28. The van der Waals surface area contributed by atoms with Crippen LogP contribution in [0, 0.1) is 4.77 Å². The van der Waals surface area contributed by atoms with Crippen molar-refractivity contribution in [1.82, 2.24) is 20.1 Å². The maximum absolute atomic E-state index is 12.1. The summed E-state index contributed by atoms with van der Waals surface area (Å²) < 4.78 is 2.19. The van der Waals surface area contributed by atoms with Gasteiger partial charge in [0.05, 0.1) is 0 Å². The van der Waals surface area contributed by atoms with Crippen molar-refractivity contribution in [1.29, 1.82) is 0 Å². The van der Waals surface area contributed by atoms with E-state index in [9.17, 15) is 4.79 Å². The van der Waals surface area contributed by atoms with Crippen LogP contribution in [-0.2, 0) is 4.79 Å². The van der Waals surface area contributed by atoms with Crippen LogP contribution in [0.15, 0.2) is 30.3 Å². The Balaban J connectivity index is 2.35. The normalized spacial score (nSPS) is 12.1. The van der Waals surface area contributed by atoms with Gasteiger partial charge in [0.25, 0.3) is 0 Å². The summed E-state index contributed by atoms with van der Waals surface area (Å²) in [7, 11) is 0. The number of benzene rings is 1. The number of amides is 1. The molecule has 0 aliphatic rings. The van der Waals surface area contributed by atoms with Crippen LogP contribution in [0.2, 0.25) is 0 Å². The van der Waals surface area contributed by atoms with Crippen LogP contribution in [0.25, 0.3) is 11.4 Å². The van der Waals surface area contributed by atoms with Gasteiger partial charge in [0.1, 0.15) is 6.04 Å². The number of nitrogens with zero attached hydrogens (tertiary/aromatic N) is 2. The fourth-order valence-corrected chi connectivity index (χ4v) is 2.26. The van der Waals surface area contributed by atoms with Crippen molar-refractivity contribution in [2.45, 2.75) is 26.3 Å². The van der Waals surface area contributed by atoms with Gasteiger partial charge >= 0.3 is 0 Å². The van der Waals surface area contributed by atoms with E-state index >= 15 is 0 Å². The van der Waals surface area contributed by atoms with Gasteiger partial charge in [-0.25, -0.2) is 0 Å². The molecule has 6 heteroatoms. The van der Waals surface area contributed by atoms with E-state index in [0.717, 1.165) is 12.0 Å². The fraction of sp³-hybridized carbons (Fsp3) is 0.357. The van der Waals surface area contributed by atoms with Gasteiger partial charge in [-0.3, -0.25) is 14.5 Å². The molecule has 5 nitrogen and oxygen atoms in total. The summed E-state index contributed by atoms with van der Waals surface area (Å²) >= 11 is 5.25. The lowest BCUT2D eigenvalue weighted by molar-refractivity contribution is -0.123. The highest BCUT2D eigenvalue weighted by atomic mass is 32.1. The van der Waals surface area contributed by atoms with Crippen LogP contribution in [0.3, 0.4) is 0 Å². The Bertz CT molecular complexity index is 632. The molecular weight excluding hydrogens is 272 g/mol. The van der Waals surface area contributed by atoms with Gasteiger partial charge in [-0.2, -0.15) is 5.10 Å². The Hall–Kier alpha value is -1.95. The molecule has 1 atom stereocenters. The highest BCUT2D eigenvalue weighted by Gasteiger charge is 2.20. The van der Waals surface area contributed by atoms with Crippen LogP contribution in [0.1, 0.15) is 26.3 Å². The molecule has 1 unspecified atom stereocenters. The van der Waals surface area contributed by atoms with E-state index in [1.54, 1.807) is 4.57 Å². The van der Waals surface area contributed by atoms with Gasteiger partial charge in [0.2, 0.25) is 5.91 Å². The van der Waals surface area contributed by atoms with Gasteiger partial charge in [0, 0.05) is 12.1 Å². The molecule has 0 saturated carbocycles. The fourth-order valence-electron chi connectivity index (χ4n) is 1.97. The highest BCUT2D eigenvalue weighted by molar-refractivity contribution is 7.71. The molecular formula is C14H18N4OS. The van der Waals surface area contributed by atoms with E-state index in [4.69, 9.17) is 12.2 Å². The second-order valence-corrected chi connectivity index (χ2v) is 4.94. The molecule has 0 aliphatic heterocycles. The third kappa shape index (κ3) is 2.96. The standard InChI is InChI=1S/C14H18N4OS/c1-3-9-15-13(19)10(2)18-12(16-17-14(18)20)11-7-5-4-6-8-11/h4-8,10H,3,9H2,1-2H3,(H,15,19)(H,17,20). The molecule has 20 heavy (non-hydrogen) atoms. The van der Waals surface area contributed by atoms with Gasteiger partial charge in [0.15, 0.2) is 10.6 Å². The van der Waals surface area contributed by atoms with Crippen molar-refractivity contribution in [3.8, 4) is 11.4 Å². The van der Waals surface area contributed by atoms with Gasteiger partial charge in [-0.15, -0.1) is 0 Å². The van der Waals surface area contributed by atoms with Crippen molar-refractivity contribution < 1.29 is 4.79 Å². The predicted molar refractivity (Wildman–Crippen MR) is 80.9 cm³/mol. The van der Waals surface area contributed by atoms with Crippen molar-refractivity contribution >= 4 is 18.1 Å². The number of aromatic nitrogens is 3. The molecule has 2 N–H and O–H groups in total. The van der Waals surface area contributed by atoms with Crippen molar-refractivity contribution in [2.75, 3.05) is 6.54 Å². The number of rotatable bonds is 5. The van der Waals surface area contributed by atoms with E-state index in [1.807, 2.05) is 44.2 Å². The third-order valence-electron chi connectivity index (χ3n) is 3.05. The molecule has 2 rings (SSSR count). The molecule has 0 aliphatic carbocycles. The van der Waals surface area contributed by atoms with Crippen LogP contribution in [0.5, 0.6) is 0 Å². The molecule has 1 aromatic carbocycles. The molecule has 0 radical (unpaired) electrons. The average Bonchev–Trinajstić information content (AvgIpc) is 2.86. The van der Waals surface area contributed by atoms with Crippen LogP contribution in [0.4, 0.5) is 0 Å². The maximum atomic E-state index is 12.1. The van der Waals surface area contributed by atoms with Crippen molar-refractivity contribution in [3.63, 3.8) is 0 Å². The summed E-state index contributed by atoms with van der Waals surface area (Å²) in [5.41, 5.74) is 0.926. The second kappa shape index (κ2) is 6.47. The molecule has 1 aromatic heterocycles. The molecule has 0 bridgehead atoms. The number of nitrogens with one attached hydrogen (secondary N) is 2. The number of carbonyl (C=O) groups excluding carboxylic acids is 1. The van der Waals surface area contributed by atoms with Crippen molar-refractivity contribution in [3.05, 3.63) is 35.1 Å².